The maximum Gasteiger partial charge on any atom is 0.124 e. The quantitative estimate of drug-likeness (QED) is 0.423. The van der Waals surface area contributed by atoms with E-state index in [0.717, 1.165) is 26.9 Å². The second kappa shape index (κ2) is 10.7. The molecule has 142 valence electrons. The molecule has 0 heterocycles. The highest BCUT2D eigenvalue weighted by atomic mass is 79.9. The molecule has 27 heavy (non-hydrogen) atoms. The van der Waals surface area contributed by atoms with Crippen LogP contribution in [0.5, 0.6) is 5.75 Å². The van der Waals surface area contributed by atoms with Gasteiger partial charge in [-0.15, -0.1) is 12.4 Å². The van der Waals surface area contributed by atoms with Crippen molar-refractivity contribution in [1.29, 1.82) is 0 Å². The molecule has 0 atom stereocenters. The number of hydrogen-bond acceptors (Lipinski definition) is 2. The van der Waals surface area contributed by atoms with Crippen LogP contribution in [0.2, 0.25) is 5.02 Å². The lowest BCUT2D eigenvalue weighted by Gasteiger charge is -2.14. The maximum atomic E-state index is 13.0. The summed E-state index contributed by atoms with van der Waals surface area (Å²) in [5, 5.41) is 4.06. The molecule has 0 spiro atoms. The van der Waals surface area contributed by atoms with Crippen LogP contribution < -0.4 is 10.1 Å². The van der Waals surface area contributed by atoms with E-state index in [1.807, 2.05) is 42.5 Å². The summed E-state index contributed by atoms with van der Waals surface area (Å²) in [6, 6.07) is 20.0. The molecule has 3 rings (SSSR count). The van der Waals surface area contributed by atoms with Crippen LogP contribution >= 0.6 is 39.9 Å². The third-order valence-corrected chi connectivity index (χ3v) is 4.78. The Labute approximate surface area is 178 Å². The van der Waals surface area contributed by atoms with E-state index in [0.29, 0.717) is 24.7 Å². The second-order valence-electron chi connectivity index (χ2n) is 5.86. The second-order valence-corrected chi connectivity index (χ2v) is 7.19. The van der Waals surface area contributed by atoms with Gasteiger partial charge in [0, 0.05) is 33.7 Å². The summed E-state index contributed by atoms with van der Waals surface area (Å²) in [5.41, 5.74) is 3.01. The lowest BCUT2D eigenvalue weighted by Crippen LogP contribution is -2.13. The van der Waals surface area contributed by atoms with Gasteiger partial charge in [0.2, 0.25) is 0 Å². The fourth-order valence-corrected chi connectivity index (χ4v) is 3.14. The van der Waals surface area contributed by atoms with Crippen molar-refractivity contribution in [3.05, 3.63) is 98.7 Å². The van der Waals surface area contributed by atoms with Crippen LogP contribution in [0.25, 0.3) is 0 Å². The number of hydrogen-bond donors (Lipinski definition) is 1. The third-order valence-electron chi connectivity index (χ3n) is 3.92. The zero-order chi connectivity index (χ0) is 18.4. The molecule has 0 radical (unpaired) electrons. The molecule has 0 amide bonds. The first-order valence-electron chi connectivity index (χ1n) is 8.21. The Bertz CT molecular complexity index is 874. The average molecular weight is 471 g/mol. The van der Waals surface area contributed by atoms with Gasteiger partial charge in [-0.3, -0.25) is 0 Å². The summed E-state index contributed by atoms with van der Waals surface area (Å²) in [4.78, 5) is 0. The highest BCUT2D eigenvalue weighted by Crippen LogP contribution is 2.25. The summed E-state index contributed by atoms with van der Waals surface area (Å²) >= 11 is 9.69. The Kier molecular flexibility index (Phi) is 8.58. The summed E-state index contributed by atoms with van der Waals surface area (Å²) < 4.78 is 19.9. The first-order valence-corrected chi connectivity index (χ1v) is 9.39. The van der Waals surface area contributed by atoms with Crippen LogP contribution in [0.1, 0.15) is 16.7 Å². The third kappa shape index (κ3) is 6.51. The normalized spacial score (nSPS) is 10.3. The van der Waals surface area contributed by atoms with Crippen LogP contribution in [0.3, 0.4) is 0 Å². The SMILES string of the molecule is Cl.Fc1ccc(CNCc2cc(Br)ccc2OCc2ccccc2Cl)cc1. The van der Waals surface area contributed by atoms with Crippen LogP contribution in [0.15, 0.2) is 71.2 Å². The van der Waals surface area contributed by atoms with Crippen molar-refractivity contribution in [2.24, 2.45) is 0 Å². The molecule has 0 aromatic heterocycles. The summed E-state index contributed by atoms with van der Waals surface area (Å²) in [7, 11) is 0. The molecule has 0 aliphatic heterocycles. The van der Waals surface area contributed by atoms with E-state index in [2.05, 4.69) is 21.2 Å². The van der Waals surface area contributed by atoms with E-state index >= 15 is 0 Å². The van der Waals surface area contributed by atoms with Crippen molar-refractivity contribution < 1.29 is 9.13 Å². The van der Waals surface area contributed by atoms with Crippen LogP contribution in [0.4, 0.5) is 4.39 Å². The van der Waals surface area contributed by atoms with Crippen LogP contribution in [-0.2, 0) is 19.7 Å². The number of rotatable bonds is 7. The minimum atomic E-state index is -0.226. The van der Waals surface area contributed by atoms with Crippen molar-refractivity contribution in [1.82, 2.24) is 5.32 Å². The number of halogens is 4. The molecular formula is C21H19BrCl2FNO. The van der Waals surface area contributed by atoms with Gasteiger partial charge in [-0.1, -0.05) is 57.9 Å². The number of benzene rings is 3. The van der Waals surface area contributed by atoms with Crippen LogP contribution in [0, 0.1) is 5.82 Å². The standard InChI is InChI=1S/C21H18BrClFNO.ClH/c22-18-7-10-21(26-14-16-3-1-2-4-20(16)23)17(11-18)13-25-12-15-5-8-19(24)9-6-15;/h1-11,25H,12-14H2;1H. The molecule has 0 unspecified atom stereocenters. The smallest absolute Gasteiger partial charge is 0.124 e. The minimum absolute atomic E-state index is 0. The Morgan fingerprint density at radius 2 is 1.67 bits per heavy atom. The van der Waals surface area contributed by atoms with Gasteiger partial charge in [-0.2, -0.15) is 0 Å². The Morgan fingerprint density at radius 3 is 2.41 bits per heavy atom. The Hall–Kier alpha value is -1.59. The van der Waals surface area contributed by atoms with E-state index < -0.39 is 0 Å². The fraction of sp³-hybridized carbons (Fsp3) is 0.143. The minimum Gasteiger partial charge on any atom is -0.489 e. The highest BCUT2D eigenvalue weighted by molar-refractivity contribution is 9.10. The Morgan fingerprint density at radius 1 is 0.926 bits per heavy atom. The molecule has 3 aromatic rings. The van der Waals surface area contributed by atoms with Gasteiger partial charge in [0.15, 0.2) is 0 Å². The molecule has 2 nitrogen and oxygen atoms in total. The molecule has 0 fully saturated rings. The molecular weight excluding hydrogens is 452 g/mol. The monoisotopic (exact) mass is 469 g/mol. The molecule has 0 saturated carbocycles. The van der Waals surface area contributed by atoms with Crippen molar-refractivity contribution in [2.75, 3.05) is 0 Å². The number of nitrogens with one attached hydrogen (secondary N) is 1. The van der Waals surface area contributed by atoms with Crippen molar-refractivity contribution in [3.63, 3.8) is 0 Å². The topological polar surface area (TPSA) is 21.3 Å². The molecule has 0 aliphatic carbocycles. The van der Waals surface area contributed by atoms with E-state index in [-0.39, 0.29) is 18.2 Å². The van der Waals surface area contributed by atoms with Gasteiger partial charge in [0.1, 0.15) is 18.2 Å². The van der Waals surface area contributed by atoms with E-state index in [1.54, 1.807) is 12.1 Å². The first-order chi connectivity index (χ1) is 12.6. The highest BCUT2D eigenvalue weighted by Gasteiger charge is 2.07. The van der Waals surface area contributed by atoms with Crippen molar-refractivity contribution in [2.45, 2.75) is 19.7 Å². The van der Waals surface area contributed by atoms with Gasteiger partial charge in [0.05, 0.1) is 0 Å². The molecule has 0 bridgehead atoms. The number of ether oxygens (including phenoxy) is 1. The predicted molar refractivity (Wildman–Crippen MR) is 114 cm³/mol. The predicted octanol–water partition coefficient (Wildman–Crippen LogP) is 6.53. The zero-order valence-corrected chi connectivity index (χ0v) is 17.6. The van der Waals surface area contributed by atoms with E-state index in [4.69, 9.17) is 16.3 Å². The summed E-state index contributed by atoms with van der Waals surface area (Å²) in [6.45, 7) is 1.69. The van der Waals surface area contributed by atoms with E-state index in [1.165, 1.54) is 12.1 Å². The molecule has 3 aromatic carbocycles. The van der Waals surface area contributed by atoms with E-state index in [9.17, 15) is 4.39 Å². The lowest BCUT2D eigenvalue weighted by atomic mass is 10.1. The van der Waals surface area contributed by atoms with Gasteiger partial charge in [-0.05, 0) is 42.0 Å². The zero-order valence-electron chi connectivity index (χ0n) is 14.4. The average Bonchev–Trinajstić information content (AvgIpc) is 2.64. The maximum absolute atomic E-state index is 13.0. The van der Waals surface area contributed by atoms with Crippen molar-refractivity contribution >= 4 is 39.9 Å². The van der Waals surface area contributed by atoms with Gasteiger partial charge < -0.3 is 10.1 Å². The van der Waals surface area contributed by atoms with Gasteiger partial charge >= 0.3 is 0 Å². The van der Waals surface area contributed by atoms with Crippen molar-refractivity contribution in [3.8, 4) is 5.75 Å². The summed E-state index contributed by atoms with van der Waals surface area (Å²) in [5.74, 6) is 0.579. The fourth-order valence-electron chi connectivity index (χ4n) is 2.54. The first kappa shape index (κ1) is 21.7. The van der Waals surface area contributed by atoms with Gasteiger partial charge in [0.25, 0.3) is 0 Å². The molecule has 6 heteroatoms. The molecule has 0 saturated heterocycles. The molecule has 0 aliphatic rings. The summed E-state index contributed by atoms with van der Waals surface area (Å²) in [6.07, 6.45) is 0. The Balaban J connectivity index is 0.00000261. The van der Waals surface area contributed by atoms with Crippen LogP contribution in [-0.4, -0.2) is 0 Å². The molecule has 1 N–H and O–H groups in total. The van der Waals surface area contributed by atoms with Gasteiger partial charge in [-0.25, -0.2) is 4.39 Å². The largest absolute Gasteiger partial charge is 0.489 e. The lowest BCUT2D eigenvalue weighted by molar-refractivity contribution is 0.302.